The largest absolute Gasteiger partial charge is 0.484 e. The summed E-state index contributed by atoms with van der Waals surface area (Å²) in [6.45, 7) is 3.34. The van der Waals surface area contributed by atoms with Crippen LogP contribution in [-0.4, -0.2) is 32.8 Å². The first kappa shape index (κ1) is 25.4. The fourth-order valence-electron chi connectivity index (χ4n) is 3.02. The molecule has 3 rings (SSSR count). The van der Waals surface area contributed by atoms with Crippen molar-refractivity contribution in [1.29, 1.82) is 0 Å². The summed E-state index contributed by atoms with van der Waals surface area (Å²) in [5.74, 6) is -0.434. The lowest BCUT2D eigenvalue weighted by molar-refractivity contribution is -0.118. The number of hydrogen-bond acceptors (Lipinski definition) is 5. The Labute approximate surface area is 204 Å². The Morgan fingerprint density at radius 2 is 1.68 bits per heavy atom. The van der Waals surface area contributed by atoms with E-state index in [9.17, 15) is 18.0 Å². The zero-order valence-corrected chi connectivity index (χ0v) is 20.3. The van der Waals surface area contributed by atoms with Gasteiger partial charge in [-0.25, -0.2) is 13.1 Å². The van der Waals surface area contributed by atoms with Gasteiger partial charge in [0.05, 0.1) is 10.6 Å². The van der Waals surface area contributed by atoms with Crippen LogP contribution in [0.3, 0.4) is 0 Å². The molecule has 7 nitrogen and oxygen atoms in total. The first-order chi connectivity index (χ1) is 16.2. The number of rotatable bonds is 10. The van der Waals surface area contributed by atoms with Gasteiger partial charge in [-0.2, -0.15) is 0 Å². The molecule has 3 aromatic rings. The molecule has 178 valence electrons. The van der Waals surface area contributed by atoms with Gasteiger partial charge in [0.1, 0.15) is 5.75 Å². The first-order valence-electron chi connectivity index (χ1n) is 10.6. The maximum Gasteiger partial charge on any atom is 0.262 e. The number of sulfonamides is 1. The van der Waals surface area contributed by atoms with Gasteiger partial charge in [-0.15, -0.1) is 0 Å². The summed E-state index contributed by atoms with van der Waals surface area (Å²) in [5, 5.41) is 3.04. The van der Waals surface area contributed by atoms with Crippen molar-refractivity contribution in [2.45, 2.75) is 31.2 Å². The van der Waals surface area contributed by atoms with Crippen molar-refractivity contribution in [3.05, 3.63) is 88.9 Å². The third kappa shape index (κ3) is 6.66. The number of hydrogen-bond donors (Lipinski definition) is 2. The van der Waals surface area contributed by atoms with Crippen molar-refractivity contribution in [2.75, 3.05) is 11.9 Å². The van der Waals surface area contributed by atoms with Crippen molar-refractivity contribution >= 4 is 39.0 Å². The molecule has 0 aliphatic heterocycles. The third-order valence-corrected chi connectivity index (χ3v) is 6.85. The number of ketones is 1. The van der Waals surface area contributed by atoms with E-state index in [2.05, 4.69) is 10.0 Å². The van der Waals surface area contributed by atoms with E-state index in [-0.39, 0.29) is 28.9 Å². The molecule has 0 aromatic heterocycles. The number of carbonyl (C=O) groups excluding carboxylic acids is 2. The quantitative estimate of drug-likeness (QED) is 0.394. The molecule has 0 aliphatic carbocycles. The van der Waals surface area contributed by atoms with E-state index in [4.69, 9.17) is 16.3 Å². The molecule has 3 aromatic carbocycles. The van der Waals surface area contributed by atoms with E-state index in [1.807, 2.05) is 6.92 Å². The number of anilines is 1. The van der Waals surface area contributed by atoms with Crippen LogP contribution >= 0.6 is 11.6 Å². The Hall–Kier alpha value is -3.20. The predicted molar refractivity (Wildman–Crippen MR) is 132 cm³/mol. The van der Waals surface area contributed by atoms with Crippen LogP contribution in [0.25, 0.3) is 0 Å². The van der Waals surface area contributed by atoms with E-state index in [1.165, 1.54) is 30.3 Å². The molecule has 0 radical (unpaired) electrons. The fourth-order valence-corrected chi connectivity index (χ4v) is 4.52. The van der Waals surface area contributed by atoms with Gasteiger partial charge in [0, 0.05) is 22.2 Å². The van der Waals surface area contributed by atoms with Crippen molar-refractivity contribution < 1.29 is 22.7 Å². The van der Waals surface area contributed by atoms with Gasteiger partial charge in [-0.3, -0.25) is 9.59 Å². The summed E-state index contributed by atoms with van der Waals surface area (Å²) in [6, 6.07) is 18.9. The lowest BCUT2D eigenvalue weighted by Gasteiger charge is -2.13. The fraction of sp³-hybridized carbons (Fsp3) is 0.200. The number of ether oxygens (including phenoxy) is 1. The topological polar surface area (TPSA) is 102 Å². The second-order valence-electron chi connectivity index (χ2n) is 7.62. The molecular weight excluding hydrogens is 476 g/mol. The molecule has 9 heteroatoms. The number of carbonyl (C=O) groups is 2. The minimum atomic E-state index is -3.63. The number of nitrogens with one attached hydrogen (secondary N) is 2. The lowest BCUT2D eigenvalue weighted by Crippen LogP contribution is -2.31. The molecule has 34 heavy (non-hydrogen) atoms. The van der Waals surface area contributed by atoms with Gasteiger partial charge in [0.15, 0.2) is 12.4 Å². The van der Waals surface area contributed by atoms with Crippen LogP contribution in [0.15, 0.2) is 77.7 Å². The highest BCUT2D eigenvalue weighted by Crippen LogP contribution is 2.24. The smallest absolute Gasteiger partial charge is 0.262 e. The normalized spacial score (nSPS) is 12.1. The summed E-state index contributed by atoms with van der Waals surface area (Å²) in [4.78, 5) is 25.5. The molecule has 0 aliphatic rings. The average molecular weight is 501 g/mol. The van der Waals surface area contributed by atoms with Gasteiger partial charge >= 0.3 is 0 Å². The highest BCUT2D eigenvalue weighted by Gasteiger charge is 2.18. The molecule has 0 saturated carbocycles. The average Bonchev–Trinajstić information content (AvgIpc) is 2.84. The van der Waals surface area contributed by atoms with Crippen molar-refractivity contribution in [1.82, 2.24) is 4.72 Å². The van der Waals surface area contributed by atoms with E-state index in [0.29, 0.717) is 28.4 Å². The van der Waals surface area contributed by atoms with E-state index >= 15 is 0 Å². The van der Waals surface area contributed by atoms with Crippen molar-refractivity contribution in [3.8, 4) is 5.75 Å². The van der Waals surface area contributed by atoms with Crippen molar-refractivity contribution in [3.63, 3.8) is 0 Å². The standard InChI is InChI=1S/C25H25ClN2O5S/c1-3-17(2)28-34(31,32)21-12-10-20(11-13-21)33-16-24(29)27-23-14-9-19(26)15-22(23)25(30)18-7-5-4-6-8-18/h4-15,17,28H,3,16H2,1-2H3,(H,27,29)/t17-/m0/s1. The Morgan fingerprint density at radius 1 is 1.00 bits per heavy atom. The highest BCUT2D eigenvalue weighted by molar-refractivity contribution is 7.89. The van der Waals surface area contributed by atoms with Crippen molar-refractivity contribution in [2.24, 2.45) is 0 Å². The van der Waals surface area contributed by atoms with Crippen LogP contribution in [0.1, 0.15) is 36.2 Å². The van der Waals surface area contributed by atoms with Crippen LogP contribution in [0.5, 0.6) is 5.75 Å². The zero-order valence-electron chi connectivity index (χ0n) is 18.7. The third-order valence-electron chi connectivity index (χ3n) is 5.01. The summed E-state index contributed by atoms with van der Waals surface area (Å²) < 4.78 is 32.7. The van der Waals surface area contributed by atoms with E-state index in [0.717, 1.165) is 0 Å². The predicted octanol–water partition coefficient (Wildman–Crippen LogP) is 4.67. The summed E-state index contributed by atoms with van der Waals surface area (Å²) in [6.07, 6.45) is 0.668. The molecule has 0 fully saturated rings. The van der Waals surface area contributed by atoms with Crippen LogP contribution in [0.4, 0.5) is 5.69 Å². The van der Waals surface area contributed by atoms with Crippen LogP contribution in [-0.2, 0) is 14.8 Å². The second-order valence-corrected chi connectivity index (χ2v) is 9.77. The molecule has 1 atom stereocenters. The Bertz CT molecular complexity index is 1260. The van der Waals surface area contributed by atoms with Gasteiger partial charge in [-0.05, 0) is 55.8 Å². The van der Waals surface area contributed by atoms with Gasteiger partial charge < -0.3 is 10.1 Å². The van der Waals surface area contributed by atoms with Crippen LogP contribution in [0, 0.1) is 0 Å². The maximum atomic E-state index is 12.9. The molecule has 1 amide bonds. The van der Waals surface area contributed by atoms with E-state index in [1.54, 1.807) is 49.4 Å². The summed E-state index contributed by atoms with van der Waals surface area (Å²) in [5.41, 5.74) is 1.04. The summed E-state index contributed by atoms with van der Waals surface area (Å²) in [7, 11) is -3.63. The molecule has 2 N–H and O–H groups in total. The Kier molecular flexibility index (Phi) is 8.44. The van der Waals surface area contributed by atoms with Gasteiger partial charge in [-0.1, -0.05) is 48.9 Å². The molecule has 0 saturated heterocycles. The lowest BCUT2D eigenvalue weighted by atomic mass is 10.0. The van der Waals surface area contributed by atoms with Crippen LogP contribution in [0.2, 0.25) is 5.02 Å². The molecule has 0 heterocycles. The first-order valence-corrected chi connectivity index (χ1v) is 12.5. The molecular formula is C25H25ClN2O5S. The Balaban J connectivity index is 1.65. The van der Waals surface area contributed by atoms with Crippen LogP contribution < -0.4 is 14.8 Å². The molecule has 0 spiro atoms. The number of amides is 1. The monoisotopic (exact) mass is 500 g/mol. The number of benzene rings is 3. The SMILES string of the molecule is CC[C@H](C)NS(=O)(=O)c1ccc(OCC(=O)Nc2ccc(Cl)cc2C(=O)c2ccccc2)cc1. The zero-order chi connectivity index (χ0) is 24.7. The Morgan fingerprint density at radius 3 is 2.32 bits per heavy atom. The van der Waals surface area contributed by atoms with E-state index < -0.39 is 15.9 Å². The van der Waals surface area contributed by atoms with Gasteiger partial charge in [0.2, 0.25) is 10.0 Å². The summed E-state index contributed by atoms with van der Waals surface area (Å²) >= 11 is 6.07. The maximum absolute atomic E-state index is 12.9. The minimum Gasteiger partial charge on any atom is -0.484 e. The molecule has 0 bridgehead atoms. The second kappa shape index (κ2) is 11.3. The highest BCUT2D eigenvalue weighted by atomic mass is 35.5. The number of halogens is 1. The molecule has 0 unspecified atom stereocenters. The minimum absolute atomic E-state index is 0.106. The van der Waals surface area contributed by atoms with Gasteiger partial charge in [0.25, 0.3) is 5.91 Å².